The molecule has 0 heterocycles. The predicted molar refractivity (Wildman–Crippen MR) is 33.6 cm³/mol. The van der Waals surface area contributed by atoms with E-state index in [4.69, 9.17) is 0 Å². The van der Waals surface area contributed by atoms with E-state index < -0.39 is 0 Å². The molecule has 0 aromatic carbocycles. The molecule has 2 atom stereocenters. The van der Waals surface area contributed by atoms with Gasteiger partial charge in [0.1, 0.15) is 0 Å². The largest absolute Gasteiger partial charge is 0.393 e. The maximum atomic E-state index is 9.18. The number of rotatable bonds is 0. The van der Waals surface area contributed by atoms with Gasteiger partial charge in [-0.3, -0.25) is 0 Å². The zero-order valence-corrected chi connectivity index (χ0v) is 5.43. The maximum absolute atomic E-state index is 9.18. The van der Waals surface area contributed by atoms with Crippen LogP contribution in [-0.2, 0) is 0 Å². The van der Waals surface area contributed by atoms with Crippen molar-refractivity contribution in [2.24, 2.45) is 5.92 Å². The van der Waals surface area contributed by atoms with Crippen LogP contribution < -0.4 is 0 Å². The van der Waals surface area contributed by atoms with Gasteiger partial charge in [-0.1, -0.05) is 19.8 Å². The first kappa shape index (κ1) is 6.09. The highest BCUT2D eigenvalue weighted by Crippen LogP contribution is 2.22. The van der Waals surface area contributed by atoms with E-state index in [1.807, 2.05) is 0 Å². The van der Waals surface area contributed by atoms with Crippen molar-refractivity contribution >= 4 is 0 Å². The lowest BCUT2D eigenvalue weighted by Gasteiger charge is -2.23. The number of hydrogen-bond acceptors (Lipinski definition) is 1. The van der Waals surface area contributed by atoms with Gasteiger partial charge in [0, 0.05) is 0 Å². The average molecular weight is 114 g/mol. The fraction of sp³-hybridized carbons (Fsp3) is 1.00. The molecular weight excluding hydrogens is 100 g/mol. The van der Waals surface area contributed by atoms with Gasteiger partial charge in [-0.2, -0.15) is 0 Å². The van der Waals surface area contributed by atoms with Crippen LogP contribution in [0, 0.1) is 5.92 Å². The summed E-state index contributed by atoms with van der Waals surface area (Å²) in [5.41, 5.74) is 0. The quantitative estimate of drug-likeness (QED) is 0.506. The number of aliphatic hydroxyl groups is 1. The van der Waals surface area contributed by atoms with Crippen LogP contribution in [0.2, 0.25) is 0 Å². The van der Waals surface area contributed by atoms with Crippen molar-refractivity contribution in [3.8, 4) is 0 Å². The van der Waals surface area contributed by atoms with E-state index in [1.54, 1.807) is 0 Å². The van der Waals surface area contributed by atoms with Crippen LogP contribution in [0.1, 0.15) is 32.6 Å². The molecule has 1 aliphatic rings. The van der Waals surface area contributed by atoms with E-state index in [-0.39, 0.29) is 6.10 Å². The first-order chi connectivity index (χ1) is 3.80. The molecule has 1 nitrogen and oxygen atoms in total. The minimum Gasteiger partial charge on any atom is -0.393 e. The molecule has 0 radical (unpaired) electrons. The SMILES string of the molecule is C[C@H]1CCCC[C@@H]1O. The zero-order valence-electron chi connectivity index (χ0n) is 5.43. The van der Waals surface area contributed by atoms with Crippen LogP contribution >= 0.6 is 0 Å². The van der Waals surface area contributed by atoms with Gasteiger partial charge < -0.3 is 5.11 Å². The van der Waals surface area contributed by atoms with E-state index in [2.05, 4.69) is 6.92 Å². The molecular formula is C7H14O. The van der Waals surface area contributed by atoms with Crippen LogP contribution in [0.15, 0.2) is 0 Å². The molecule has 0 saturated heterocycles. The topological polar surface area (TPSA) is 20.2 Å². The Morgan fingerprint density at radius 1 is 1.25 bits per heavy atom. The molecule has 1 aliphatic carbocycles. The second kappa shape index (κ2) is 2.49. The van der Waals surface area contributed by atoms with Gasteiger partial charge >= 0.3 is 0 Å². The van der Waals surface area contributed by atoms with Crippen molar-refractivity contribution in [1.82, 2.24) is 0 Å². The van der Waals surface area contributed by atoms with Gasteiger partial charge in [-0.05, 0) is 18.8 Å². The first-order valence-corrected chi connectivity index (χ1v) is 3.49. The van der Waals surface area contributed by atoms with E-state index in [0.29, 0.717) is 5.92 Å². The summed E-state index contributed by atoms with van der Waals surface area (Å²) in [6, 6.07) is 0. The molecule has 1 rings (SSSR count). The molecule has 48 valence electrons. The van der Waals surface area contributed by atoms with Gasteiger partial charge in [0.05, 0.1) is 6.10 Å². The van der Waals surface area contributed by atoms with Gasteiger partial charge in [-0.15, -0.1) is 0 Å². The highest BCUT2D eigenvalue weighted by Gasteiger charge is 2.17. The number of aliphatic hydroxyl groups excluding tert-OH is 1. The molecule has 0 unspecified atom stereocenters. The second-order valence-electron chi connectivity index (χ2n) is 2.83. The third-order valence-corrected chi connectivity index (χ3v) is 2.07. The van der Waals surface area contributed by atoms with Gasteiger partial charge in [0.15, 0.2) is 0 Å². The van der Waals surface area contributed by atoms with Crippen LogP contribution in [-0.4, -0.2) is 11.2 Å². The average Bonchev–Trinajstić information content (AvgIpc) is 1.77. The lowest BCUT2D eigenvalue weighted by atomic mass is 9.88. The molecule has 1 N–H and O–H groups in total. The van der Waals surface area contributed by atoms with Crippen LogP contribution in [0.25, 0.3) is 0 Å². The Kier molecular flexibility index (Phi) is 1.90. The lowest BCUT2D eigenvalue weighted by Crippen LogP contribution is -2.21. The van der Waals surface area contributed by atoms with E-state index in [0.717, 1.165) is 6.42 Å². The molecule has 1 heteroatoms. The third-order valence-electron chi connectivity index (χ3n) is 2.07. The minimum atomic E-state index is 0.00347. The fourth-order valence-corrected chi connectivity index (χ4v) is 1.30. The molecule has 0 aromatic heterocycles. The summed E-state index contributed by atoms with van der Waals surface area (Å²) in [5, 5.41) is 9.18. The van der Waals surface area contributed by atoms with Crippen LogP contribution in [0.4, 0.5) is 0 Å². The monoisotopic (exact) mass is 114 g/mol. The minimum absolute atomic E-state index is 0.00347. The van der Waals surface area contributed by atoms with Gasteiger partial charge in [0.2, 0.25) is 0 Å². The second-order valence-corrected chi connectivity index (χ2v) is 2.83. The summed E-state index contributed by atoms with van der Waals surface area (Å²) in [6.07, 6.45) is 4.80. The smallest absolute Gasteiger partial charge is 0.0565 e. The standard InChI is InChI=1S/C7H14O/c1-6-4-2-3-5-7(6)8/h6-8H,2-5H2,1H3/t6-,7-/m0/s1. The van der Waals surface area contributed by atoms with Gasteiger partial charge in [0.25, 0.3) is 0 Å². The van der Waals surface area contributed by atoms with E-state index >= 15 is 0 Å². The Morgan fingerprint density at radius 2 is 1.88 bits per heavy atom. The lowest BCUT2D eigenvalue weighted by molar-refractivity contribution is 0.0793. The molecule has 0 aliphatic heterocycles. The van der Waals surface area contributed by atoms with Crippen molar-refractivity contribution in [2.45, 2.75) is 38.7 Å². The van der Waals surface area contributed by atoms with Crippen molar-refractivity contribution in [3.63, 3.8) is 0 Å². The summed E-state index contributed by atoms with van der Waals surface area (Å²) in [6.45, 7) is 2.13. The van der Waals surface area contributed by atoms with Crippen molar-refractivity contribution in [1.29, 1.82) is 0 Å². The Balaban J connectivity index is 2.28. The van der Waals surface area contributed by atoms with Gasteiger partial charge in [-0.25, -0.2) is 0 Å². The summed E-state index contributed by atoms with van der Waals surface area (Å²) < 4.78 is 0. The normalized spacial score (nSPS) is 39.8. The Bertz CT molecular complexity index is 60.8. The van der Waals surface area contributed by atoms with Crippen molar-refractivity contribution in [2.75, 3.05) is 0 Å². The summed E-state index contributed by atoms with van der Waals surface area (Å²) in [4.78, 5) is 0. The third kappa shape index (κ3) is 1.22. The van der Waals surface area contributed by atoms with Crippen molar-refractivity contribution < 1.29 is 5.11 Å². The molecule has 8 heavy (non-hydrogen) atoms. The summed E-state index contributed by atoms with van der Waals surface area (Å²) in [5.74, 6) is 0.559. The molecule has 1 fully saturated rings. The zero-order chi connectivity index (χ0) is 5.98. The molecule has 0 aromatic rings. The molecule has 1 saturated carbocycles. The molecule has 0 amide bonds. The highest BCUT2D eigenvalue weighted by atomic mass is 16.3. The number of hydrogen-bond donors (Lipinski definition) is 1. The maximum Gasteiger partial charge on any atom is 0.0565 e. The molecule has 0 bridgehead atoms. The van der Waals surface area contributed by atoms with Crippen molar-refractivity contribution in [3.05, 3.63) is 0 Å². The predicted octanol–water partition coefficient (Wildman–Crippen LogP) is 1.56. The molecule has 0 spiro atoms. The fourth-order valence-electron chi connectivity index (χ4n) is 1.30. The van der Waals surface area contributed by atoms with E-state index in [1.165, 1.54) is 19.3 Å². The Labute approximate surface area is 50.7 Å². The van der Waals surface area contributed by atoms with Crippen LogP contribution in [0.3, 0.4) is 0 Å². The van der Waals surface area contributed by atoms with E-state index in [9.17, 15) is 5.11 Å². The van der Waals surface area contributed by atoms with Crippen LogP contribution in [0.5, 0.6) is 0 Å². The highest BCUT2D eigenvalue weighted by molar-refractivity contribution is 4.69. The summed E-state index contributed by atoms with van der Waals surface area (Å²) >= 11 is 0. The summed E-state index contributed by atoms with van der Waals surface area (Å²) in [7, 11) is 0. The Hall–Kier alpha value is -0.0400. The Morgan fingerprint density at radius 3 is 2.25 bits per heavy atom. The first-order valence-electron chi connectivity index (χ1n) is 3.49.